The summed E-state index contributed by atoms with van der Waals surface area (Å²) in [6, 6.07) is 19.4. The van der Waals surface area contributed by atoms with Crippen molar-refractivity contribution >= 4 is 70.0 Å². The first-order valence-corrected chi connectivity index (χ1v) is 13.5. The van der Waals surface area contributed by atoms with Crippen molar-refractivity contribution in [1.29, 1.82) is 0 Å². The molecule has 3 aromatic carbocycles. The second kappa shape index (κ2) is 13.4. The molecule has 0 aliphatic heterocycles. The van der Waals surface area contributed by atoms with E-state index in [0.717, 1.165) is 11.1 Å². The van der Waals surface area contributed by atoms with Gasteiger partial charge in [0.1, 0.15) is 6.04 Å². The van der Waals surface area contributed by atoms with Gasteiger partial charge in [0.15, 0.2) is 0 Å². The molecule has 2 amide bonds. The van der Waals surface area contributed by atoms with Crippen molar-refractivity contribution in [2.24, 2.45) is 0 Å². The number of carbonyl (C=O) groups is 2. The van der Waals surface area contributed by atoms with Crippen LogP contribution in [0.15, 0.2) is 66.7 Å². The zero-order chi connectivity index (χ0) is 25.4. The Kier molecular flexibility index (Phi) is 10.6. The summed E-state index contributed by atoms with van der Waals surface area (Å²) in [6.45, 7) is 0.107. The average molecular weight is 570 g/mol. The maximum absolute atomic E-state index is 13.5. The number of halogens is 4. The summed E-state index contributed by atoms with van der Waals surface area (Å²) in [4.78, 5) is 28.1. The number of hydrogen-bond donors (Lipinski definition) is 1. The Hall–Kier alpha value is -1.89. The highest BCUT2D eigenvalue weighted by Crippen LogP contribution is 2.28. The Bertz CT molecular complexity index is 1160. The molecule has 35 heavy (non-hydrogen) atoms. The molecule has 4 nitrogen and oxygen atoms in total. The van der Waals surface area contributed by atoms with Gasteiger partial charge in [0, 0.05) is 41.4 Å². The SMILES string of the molecule is CNC(=O)[C@H](Cc1ccccc1)N(Cc1c(Cl)cccc1Cl)C(=O)CSCc1ccc(Cl)c(Cl)c1. The van der Waals surface area contributed by atoms with Gasteiger partial charge in [-0.15, -0.1) is 11.8 Å². The summed E-state index contributed by atoms with van der Waals surface area (Å²) in [7, 11) is 1.56. The second-order valence-corrected chi connectivity index (χ2v) is 10.4. The van der Waals surface area contributed by atoms with Crippen LogP contribution in [-0.2, 0) is 28.3 Å². The standard InChI is InChI=1S/C26H24Cl4N2O2S/c1-31-26(34)24(13-17-6-3-2-4-7-17)32(14-19-20(27)8-5-9-21(19)28)25(33)16-35-15-18-10-11-22(29)23(30)12-18/h2-12,24H,13-16H2,1H3,(H,31,34)/t24-/m0/s1. The van der Waals surface area contributed by atoms with Crippen LogP contribution in [0.25, 0.3) is 0 Å². The van der Waals surface area contributed by atoms with Gasteiger partial charge in [0.2, 0.25) is 11.8 Å². The maximum atomic E-state index is 13.5. The maximum Gasteiger partial charge on any atom is 0.242 e. The summed E-state index contributed by atoms with van der Waals surface area (Å²) in [5, 5.41) is 4.52. The van der Waals surface area contributed by atoms with E-state index in [0.29, 0.717) is 37.8 Å². The molecule has 184 valence electrons. The molecule has 0 aliphatic carbocycles. The van der Waals surface area contributed by atoms with Crippen LogP contribution < -0.4 is 5.32 Å². The number of nitrogens with one attached hydrogen (secondary N) is 1. The van der Waals surface area contributed by atoms with Crippen LogP contribution in [0.3, 0.4) is 0 Å². The van der Waals surface area contributed by atoms with Gasteiger partial charge < -0.3 is 10.2 Å². The topological polar surface area (TPSA) is 49.4 Å². The molecule has 0 aromatic heterocycles. The molecule has 0 bridgehead atoms. The molecular formula is C26H24Cl4N2O2S. The lowest BCUT2D eigenvalue weighted by atomic mass is 10.0. The number of hydrogen-bond acceptors (Lipinski definition) is 3. The number of thioether (sulfide) groups is 1. The summed E-state index contributed by atoms with van der Waals surface area (Å²) in [5.74, 6) is 0.257. The molecule has 1 N–H and O–H groups in total. The third-order valence-corrected chi connectivity index (χ3v) is 7.82. The second-order valence-electron chi connectivity index (χ2n) is 7.78. The lowest BCUT2D eigenvalue weighted by Gasteiger charge is -2.31. The Morgan fingerprint density at radius 1 is 0.857 bits per heavy atom. The molecule has 0 unspecified atom stereocenters. The van der Waals surface area contributed by atoms with E-state index in [9.17, 15) is 9.59 Å². The van der Waals surface area contributed by atoms with Gasteiger partial charge in [-0.05, 0) is 35.4 Å². The quantitative estimate of drug-likeness (QED) is 0.288. The molecule has 0 spiro atoms. The van der Waals surface area contributed by atoms with Crippen LogP contribution in [0, 0.1) is 0 Å². The summed E-state index contributed by atoms with van der Waals surface area (Å²) < 4.78 is 0. The Morgan fingerprint density at radius 3 is 2.17 bits per heavy atom. The third kappa shape index (κ3) is 7.80. The van der Waals surface area contributed by atoms with Gasteiger partial charge in [0.05, 0.1) is 15.8 Å². The summed E-state index contributed by atoms with van der Waals surface area (Å²) in [5.41, 5.74) is 2.48. The number of nitrogens with zero attached hydrogens (tertiary/aromatic N) is 1. The van der Waals surface area contributed by atoms with E-state index in [2.05, 4.69) is 5.32 Å². The normalized spacial score (nSPS) is 11.7. The number of amides is 2. The first-order valence-electron chi connectivity index (χ1n) is 10.8. The van der Waals surface area contributed by atoms with Crippen molar-refractivity contribution in [2.45, 2.75) is 24.8 Å². The van der Waals surface area contributed by atoms with Crippen molar-refractivity contribution in [2.75, 3.05) is 12.8 Å². The molecule has 0 saturated heterocycles. The van der Waals surface area contributed by atoms with Gasteiger partial charge in [-0.1, -0.05) is 88.9 Å². The number of likely N-dealkylation sites (N-methyl/N-ethyl adjacent to an activating group) is 1. The van der Waals surface area contributed by atoms with E-state index < -0.39 is 6.04 Å². The molecule has 0 saturated carbocycles. The van der Waals surface area contributed by atoms with E-state index in [-0.39, 0.29) is 24.1 Å². The first-order chi connectivity index (χ1) is 16.8. The molecule has 0 fully saturated rings. The Morgan fingerprint density at radius 2 is 1.54 bits per heavy atom. The Labute approximate surface area is 229 Å². The van der Waals surface area contributed by atoms with Crippen LogP contribution in [0.4, 0.5) is 0 Å². The van der Waals surface area contributed by atoms with Crippen LogP contribution >= 0.6 is 58.2 Å². The minimum atomic E-state index is -0.743. The Balaban J connectivity index is 1.85. The van der Waals surface area contributed by atoms with Crippen molar-refractivity contribution in [3.05, 3.63) is 104 Å². The van der Waals surface area contributed by atoms with Gasteiger partial charge in [-0.3, -0.25) is 9.59 Å². The van der Waals surface area contributed by atoms with Crippen LogP contribution in [0.5, 0.6) is 0 Å². The highest BCUT2D eigenvalue weighted by Gasteiger charge is 2.30. The molecule has 3 rings (SSSR count). The minimum absolute atomic E-state index is 0.107. The lowest BCUT2D eigenvalue weighted by molar-refractivity contribution is -0.139. The molecule has 0 aliphatic rings. The molecule has 0 heterocycles. The molecule has 3 aromatic rings. The van der Waals surface area contributed by atoms with Gasteiger partial charge in [-0.25, -0.2) is 0 Å². The van der Waals surface area contributed by atoms with Gasteiger partial charge in [0.25, 0.3) is 0 Å². The highest BCUT2D eigenvalue weighted by atomic mass is 35.5. The molecule has 0 radical (unpaired) electrons. The fraction of sp³-hybridized carbons (Fsp3) is 0.231. The smallest absolute Gasteiger partial charge is 0.242 e. The molecular weight excluding hydrogens is 546 g/mol. The first kappa shape index (κ1) is 27.7. The van der Waals surface area contributed by atoms with Crippen molar-refractivity contribution in [1.82, 2.24) is 10.2 Å². The number of carbonyl (C=O) groups excluding carboxylic acids is 2. The average Bonchev–Trinajstić information content (AvgIpc) is 2.85. The van der Waals surface area contributed by atoms with E-state index in [1.165, 1.54) is 11.8 Å². The van der Waals surface area contributed by atoms with Crippen LogP contribution in [0.2, 0.25) is 20.1 Å². The largest absolute Gasteiger partial charge is 0.357 e. The fourth-order valence-electron chi connectivity index (χ4n) is 3.54. The third-order valence-electron chi connectivity index (χ3n) is 5.39. The van der Waals surface area contributed by atoms with E-state index >= 15 is 0 Å². The number of benzene rings is 3. The van der Waals surface area contributed by atoms with Crippen molar-refractivity contribution in [3.63, 3.8) is 0 Å². The monoisotopic (exact) mass is 568 g/mol. The molecule has 1 atom stereocenters. The van der Waals surface area contributed by atoms with E-state index in [1.54, 1.807) is 42.3 Å². The van der Waals surface area contributed by atoms with Gasteiger partial charge in [-0.2, -0.15) is 0 Å². The zero-order valence-electron chi connectivity index (χ0n) is 18.9. The minimum Gasteiger partial charge on any atom is -0.357 e. The predicted octanol–water partition coefficient (Wildman–Crippen LogP) is 6.92. The summed E-state index contributed by atoms with van der Waals surface area (Å²) >= 11 is 26.4. The van der Waals surface area contributed by atoms with Crippen molar-refractivity contribution < 1.29 is 9.59 Å². The van der Waals surface area contributed by atoms with E-state index in [4.69, 9.17) is 46.4 Å². The molecule has 9 heteroatoms. The zero-order valence-corrected chi connectivity index (χ0v) is 22.8. The van der Waals surface area contributed by atoms with Crippen LogP contribution in [-0.4, -0.2) is 35.6 Å². The number of rotatable bonds is 10. The van der Waals surface area contributed by atoms with Crippen LogP contribution in [0.1, 0.15) is 16.7 Å². The highest BCUT2D eigenvalue weighted by molar-refractivity contribution is 7.99. The lowest BCUT2D eigenvalue weighted by Crippen LogP contribution is -2.50. The van der Waals surface area contributed by atoms with Crippen molar-refractivity contribution in [3.8, 4) is 0 Å². The fourth-order valence-corrected chi connectivity index (χ4v) is 5.24. The van der Waals surface area contributed by atoms with E-state index in [1.807, 2.05) is 36.4 Å². The van der Waals surface area contributed by atoms with Gasteiger partial charge >= 0.3 is 0 Å². The predicted molar refractivity (Wildman–Crippen MR) is 148 cm³/mol. The summed E-state index contributed by atoms with van der Waals surface area (Å²) in [6.07, 6.45) is 0.353.